The first-order valence-corrected chi connectivity index (χ1v) is 36.6. The molecule has 0 saturated heterocycles. The van der Waals surface area contributed by atoms with Crippen LogP contribution in [0.3, 0.4) is 0 Å². The zero-order chi connectivity index (χ0) is 90.5. The lowest BCUT2D eigenvalue weighted by Crippen LogP contribution is -2.32. The van der Waals surface area contributed by atoms with Crippen LogP contribution >= 0.6 is 0 Å². The second-order valence-electron chi connectivity index (χ2n) is 26.9. The number of rotatable bonds is 26. The van der Waals surface area contributed by atoms with Gasteiger partial charge in [0.25, 0.3) is 0 Å². The maximum absolute atomic E-state index is 11.7. The number of phenolic OH excluding ortho intramolecular Hbond substituents is 2. The number of hydrogen-bond acceptors (Lipinski definition) is 30. The number of benzene rings is 8. The lowest BCUT2D eigenvalue weighted by atomic mass is 10.0. The molecule has 0 bridgehead atoms. The third-order valence-corrected chi connectivity index (χ3v) is 17.4. The van der Waals surface area contributed by atoms with E-state index in [1.165, 1.54) is 84.9 Å². The molecule has 632 valence electrons. The molecule has 0 fully saturated rings. The van der Waals surface area contributed by atoms with Gasteiger partial charge in [0.05, 0.1) is 52.8 Å². The molecule has 120 heavy (non-hydrogen) atoms. The van der Waals surface area contributed by atoms with E-state index in [4.69, 9.17) is 73.9 Å². The molecule has 0 radical (unpaired) electrons. The van der Waals surface area contributed by atoms with E-state index in [9.17, 15) is 86.9 Å². The second-order valence-corrected chi connectivity index (χ2v) is 26.9. The SMILES string of the molecule is CC(=O)C(N)CC(=O)c1ccccc1N.CC(=O)C(N)CC(=O)c1ccccc1N.CC(=O)C(N)CC(=O)c1ccccc1N.CC(=O)[C@@H](N)CC(=O)c1ccccc1N.CC(=O)[C@H](N)CC(=O)c1ccccc1N.CC(=O)c1cc(=O)c2cccc(O)c2[nH]1.CC(=O)c1cc(=O)c2ccccc2[nH]1.Nc1c(O)cccc1C(=O)CC(N)C(=O)O. The van der Waals surface area contributed by atoms with E-state index < -0.39 is 48.0 Å². The minimum absolute atomic E-state index is 0.00352. The summed E-state index contributed by atoms with van der Waals surface area (Å²) >= 11 is 0. The Hall–Kier alpha value is -14.5. The van der Waals surface area contributed by atoms with Gasteiger partial charge in [0.15, 0.2) is 57.1 Å². The van der Waals surface area contributed by atoms with Crippen LogP contribution in [0, 0.1) is 0 Å². The number of hydrogen-bond donors (Lipinski definition) is 17. The highest BCUT2D eigenvalue weighted by molar-refractivity contribution is 6.08. The van der Waals surface area contributed by atoms with E-state index in [-0.39, 0.29) is 147 Å². The molecule has 0 aliphatic carbocycles. The average molecular weight is 1650 g/mol. The number of carboxylic acid groups (broad SMARTS) is 1. The smallest absolute Gasteiger partial charge is 0.320 e. The van der Waals surface area contributed by atoms with E-state index in [1.807, 2.05) is 6.07 Å². The molecule has 0 aliphatic rings. The van der Waals surface area contributed by atoms with Crippen LogP contribution in [0.5, 0.6) is 11.5 Å². The van der Waals surface area contributed by atoms with Crippen LogP contribution < -0.4 is 79.7 Å². The summed E-state index contributed by atoms with van der Waals surface area (Å²) in [5.41, 5.74) is 71.7. The van der Waals surface area contributed by atoms with Crippen LogP contribution in [0.1, 0.15) is 170 Å². The first-order chi connectivity index (χ1) is 56.3. The van der Waals surface area contributed by atoms with E-state index in [2.05, 4.69) is 9.97 Å². The molecule has 8 aromatic carbocycles. The summed E-state index contributed by atoms with van der Waals surface area (Å²) in [7, 11) is 0. The molecule has 10 aromatic rings. The number of nitrogens with one attached hydrogen (secondary N) is 2. The number of carbonyl (C=O) groups excluding carboxylic acids is 13. The lowest BCUT2D eigenvalue weighted by Gasteiger charge is -2.08. The van der Waals surface area contributed by atoms with Crippen molar-refractivity contribution in [1.82, 2.24) is 9.97 Å². The molecule has 0 saturated carbocycles. The Balaban J connectivity index is 0.000000354. The molecule has 10 rings (SSSR count). The number of aliphatic carboxylic acids is 1. The first-order valence-electron chi connectivity index (χ1n) is 36.6. The number of nitrogen functional groups attached to an aromatic ring is 6. The predicted octanol–water partition coefficient (Wildman–Crippen LogP) is 6.92. The number of anilines is 6. The molecule has 4 unspecified atom stereocenters. The number of carbonyl (C=O) groups is 14. The van der Waals surface area contributed by atoms with E-state index in [0.29, 0.717) is 83.8 Å². The summed E-state index contributed by atoms with van der Waals surface area (Å²) in [6.45, 7) is 9.63. The van der Waals surface area contributed by atoms with Crippen LogP contribution in [-0.4, -0.2) is 143 Å². The summed E-state index contributed by atoms with van der Waals surface area (Å²) in [5.74, 6) is -4.36. The number of pyridine rings is 2. The fourth-order valence-corrected chi connectivity index (χ4v) is 10.0. The van der Waals surface area contributed by atoms with Crippen LogP contribution in [0.4, 0.5) is 34.1 Å². The predicted molar refractivity (Wildman–Crippen MR) is 460 cm³/mol. The van der Waals surface area contributed by atoms with Crippen molar-refractivity contribution < 1.29 is 82.4 Å². The fourth-order valence-electron chi connectivity index (χ4n) is 10.0. The number of carboxylic acids is 1. The van der Waals surface area contributed by atoms with Crippen molar-refractivity contribution in [2.75, 3.05) is 34.4 Å². The largest absolute Gasteiger partial charge is 0.506 e. The monoisotopic (exact) mass is 1640 g/mol. The maximum atomic E-state index is 11.7. The van der Waals surface area contributed by atoms with Crippen molar-refractivity contribution in [2.45, 2.75) is 123 Å². The highest BCUT2D eigenvalue weighted by atomic mass is 16.4. The molecular formula is C87H100N14O19. The molecule has 2 aromatic heterocycles. The minimum Gasteiger partial charge on any atom is -0.506 e. The fraction of sp³-hybridized carbons (Fsp3) is 0.218. The molecule has 6 atom stereocenters. The highest BCUT2D eigenvalue weighted by Gasteiger charge is 2.23. The summed E-state index contributed by atoms with van der Waals surface area (Å²) < 4.78 is 0. The number of ketones is 13. The van der Waals surface area contributed by atoms with Gasteiger partial charge < -0.3 is 94.1 Å². The van der Waals surface area contributed by atoms with Gasteiger partial charge in [-0.05, 0) is 132 Å². The van der Waals surface area contributed by atoms with Gasteiger partial charge in [0.2, 0.25) is 0 Å². The molecule has 0 aliphatic heterocycles. The Labute approximate surface area is 689 Å². The molecule has 33 nitrogen and oxygen atoms in total. The van der Waals surface area contributed by atoms with Crippen molar-refractivity contribution in [3.63, 3.8) is 0 Å². The van der Waals surface area contributed by atoms with Crippen LogP contribution in [0.15, 0.2) is 204 Å². The van der Waals surface area contributed by atoms with Crippen molar-refractivity contribution in [2.24, 2.45) is 34.4 Å². The van der Waals surface area contributed by atoms with Crippen LogP contribution in [-0.2, 0) is 28.8 Å². The first kappa shape index (κ1) is 99.7. The summed E-state index contributed by atoms with van der Waals surface area (Å²) in [6.07, 6.45) is -0.341. The molecule has 33 heteroatoms. The Morgan fingerprint density at radius 1 is 0.300 bits per heavy atom. The van der Waals surface area contributed by atoms with Crippen molar-refractivity contribution in [1.29, 1.82) is 0 Å². The third-order valence-electron chi connectivity index (χ3n) is 17.4. The average Bonchev–Trinajstić information content (AvgIpc) is 0.786. The molecule has 0 spiro atoms. The standard InChI is InChI=1S/5C11H14N2O2.C11H9NO3.C11H9NO2.C10H12N2O4/c5*1-7(14)10(13)6-11(15)8-4-2-3-5-9(8)12;1-6(13)8-5-10(15)7-3-2-4-9(14)11(7)12-8;1-7(13)10-6-11(14)8-4-2-3-5-9(8)12-10;11-6(10(15)16)4-8(14)5-2-1-3-7(13)9(5)12/h5*2-5,10H,6,12-13H2,1H3;2-5,14H,1H3,(H,12,15);2-6H,1H3,(H,12,14);1-3,6,13H,4,11-12H2,(H,15,16)/t2*10-;;;;;;/m10....../s1. The second kappa shape index (κ2) is 48.8. The van der Waals surface area contributed by atoms with Crippen molar-refractivity contribution in [3.8, 4) is 11.5 Å². The number of aromatic hydroxyl groups is 2. The lowest BCUT2D eigenvalue weighted by molar-refractivity contribution is -0.138. The van der Waals surface area contributed by atoms with Gasteiger partial charge in [-0.15, -0.1) is 0 Å². The zero-order valence-corrected chi connectivity index (χ0v) is 67.0. The number of phenols is 2. The van der Waals surface area contributed by atoms with Gasteiger partial charge in [0.1, 0.15) is 46.5 Å². The van der Waals surface area contributed by atoms with E-state index in [1.54, 1.807) is 152 Å². The number of H-pyrrole nitrogens is 2. The van der Waals surface area contributed by atoms with Crippen LogP contribution in [0.2, 0.25) is 0 Å². The topological polar surface area (TPSA) is 678 Å². The summed E-state index contributed by atoms with van der Waals surface area (Å²) in [6, 6.07) is 47.3. The molecular weight excluding hydrogens is 1550 g/mol. The molecule has 2 heterocycles. The number of aromatic amines is 2. The Kier molecular flexibility index (Phi) is 40.5. The van der Waals surface area contributed by atoms with Gasteiger partial charge in [-0.2, -0.15) is 0 Å². The van der Waals surface area contributed by atoms with Gasteiger partial charge in [0, 0.05) is 143 Å². The molecule has 29 N–H and O–H groups in total. The third kappa shape index (κ3) is 32.3. The Morgan fingerprint density at radius 3 is 0.842 bits per heavy atom. The normalized spacial score (nSPS) is 11.7. The minimum atomic E-state index is -1.27. The maximum Gasteiger partial charge on any atom is 0.320 e. The Morgan fingerprint density at radius 2 is 0.542 bits per heavy atom. The van der Waals surface area contributed by atoms with Crippen molar-refractivity contribution in [3.05, 3.63) is 259 Å². The van der Waals surface area contributed by atoms with Crippen molar-refractivity contribution >= 4 is 137 Å². The summed E-state index contributed by atoms with van der Waals surface area (Å²) in [5, 5.41) is 28.3. The number of para-hydroxylation sites is 8. The highest BCUT2D eigenvalue weighted by Crippen LogP contribution is 2.26. The summed E-state index contributed by atoms with van der Waals surface area (Å²) in [4.78, 5) is 186. The number of aromatic nitrogens is 2. The number of fused-ring (bicyclic) bond motifs is 2. The molecule has 0 amide bonds. The van der Waals surface area contributed by atoms with E-state index >= 15 is 0 Å². The quantitative estimate of drug-likeness (QED) is 0.0149. The van der Waals surface area contributed by atoms with Gasteiger partial charge >= 0.3 is 5.97 Å². The number of nitrogens with two attached hydrogens (primary N) is 12. The van der Waals surface area contributed by atoms with Gasteiger partial charge in [-0.25, -0.2) is 0 Å². The Bertz CT molecular complexity index is 5090. The van der Waals surface area contributed by atoms with Crippen LogP contribution in [0.25, 0.3) is 21.8 Å². The van der Waals surface area contributed by atoms with Gasteiger partial charge in [-0.3, -0.25) is 76.7 Å². The van der Waals surface area contributed by atoms with E-state index in [0.717, 1.165) is 0 Å². The number of Topliss-reactive ketones (excluding diaryl/α,β-unsaturated/α-hetero) is 13. The van der Waals surface area contributed by atoms with Gasteiger partial charge in [-0.1, -0.05) is 84.9 Å². The zero-order valence-electron chi connectivity index (χ0n) is 67.0.